The Labute approximate surface area is 125 Å². The Morgan fingerprint density at radius 3 is 2.58 bits per heavy atom. The normalized spacial score (nSPS) is 10.7. The molecule has 0 atom stereocenters. The maximum Gasteiger partial charge on any atom is 0.137 e. The molecule has 3 nitrogen and oxygen atoms in total. The maximum absolute atomic E-state index is 6.10. The van der Waals surface area contributed by atoms with E-state index in [1.54, 1.807) is 0 Å². The Morgan fingerprint density at radius 2 is 1.89 bits per heavy atom. The number of thioether (sulfide) groups is 1. The molecule has 0 bridgehead atoms. The number of anilines is 1. The van der Waals surface area contributed by atoms with Gasteiger partial charge in [-0.3, -0.25) is 0 Å². The lowest BCUT2D eigenvalue weighted by atomic mass is 10.2. The highest BCUT2D eigenvalue weighted by atomic mass is 35.5. The molecule has 1 aromatic heterocycles. The minimum atomic E-state index is 0.564. The first-order valence-electron chi connectivity index (χ1n) is 6.94. The van der Waals surface area contributed by atoms with Gasteiger partial charge in [0.25, 0.3) is 0 Å². The molecule has 1 heterocycles. The summed E-state index contributed by atoms with van der Waals surface area (Å²) in [6, 6.07) is 0. The molecule has 0 aromatic carbocycles. The summed E-state index contributed by atoms with van der Waals surface area (Å²) < 4.78 is 0. The lowest BCUT2D eigenvalue weighted by Crippen LogP contribution is -2.08. The molecule has 5 heteroatoms. The fraction of sp³-hybridized carbons (Fsp3) is 0.714. The minimum absolute atomic E-state index is 0.564. The highest BCUT2D eigenvalue weighted by Crippen LogP contribution is 2.20. The number of aromatic nitrogens is 2. The zero-order valence-corrected chi connectivity index (χ0v) is 13.7. The zero-order valence-electron chi connectivity index (χ0n) is 12.1. The zero-order chi connectivity index (χ0) is 14.1. The maximum atomic E-state index is 6.10. The lowest BCUT2D eigenvalue weighted by Gasteiger charge is -2.10. The first-order chi connectivity index (χ1) is 9.19. The second kappa shape index (κ2) is 9.43. The average molecular weight is 302 g/mol. The SMILES string of the molecule is CCc1nc(Cl)c(C)c(NCCCCCCSC)n1. The van der Waals surface area contributed by atoms with Gasteiger partial charge in [-0.25, -0.2) is 9.97 Å². The molecule has 19 heavy (non-hydrogen) atoms. The topological polar surface area (TPSA) is 37.8 Å². The van der Waals surface area contributed by atoms with Crippen LogP contribution in [-0.2, 0) is 6.42 Å². The van der Waals surface area contributed by atoms with E-state index in [1.807, 2.05) is 25.6 Å². The quantitative estimate of drug-likeness (QED) is 0.544. The molecule has 0 unspecified atom stereocenters. The van der Waals surface area contributed by atoms with Gasteiger partial charge in [-0.1, -0.05) is 31.4 Å². The summed E-state index contributed by atoms with van der Waals surface area (Å²) in [6.45, 7) is 4.95. The van der Waals surface area contributed by atoms with Crippen molar-refractivity contribution in [1.29, 1.82) is 0 Å². The summed E-state index contributed by atoms with van der Waals surface area (Å²) in [7, 11) is 0. The molecule has 0 radical (unpaired) electrons. The van der Waals surface area contributed by atoms with E-state index in [1.165, 1.54) is 31.4 Å². The molecular weight excluding hydrogens is 278 g/mol. The van der Waals surface area contributed by atoms with Crippen molar-refractivity contribution in [3.8, 4) is 0 Å². The summed E-state index contributed by atoms with van der Waals surface area (Å²) in [5.41, 5.74) is 0.946. The molecule has 0 aliphatic carbocycles. The number of hydrogen-bond acceptors (Lipinski definition) is 4. The fourth-order valence-corrected chi connectivity index (χ4v) is 2.47. The van der Waals surface area contributed by atoms with Crippen molar-refractivity contribution in [3.63, 3.8) is 0 Å². The van der Waals surface area contributed by atoms with Crippen LogP contribution >= 0.6 is 23.4 Å². The summed E-state index contributed by atoms with van der Waals surface area (Å²) in [6.07, 6.45) is 8.05. The molecule has 0 fully saturated rings. The van der Waals surface area contributed by atoms with Crippen LogP contribution in [0, 0.1) is 6.92 Å². The van der Waals surface area contributed by atoms with Crippen molar-refractivity contribution < 1.29 is 0 Å². The molecule has 1 rings (SSSR count). The third-order valence-corrected chi connectivity index (χ3v) is 4.08. The summed E-state index contributed by atoms with van der Waals surface area (Å²) >= 11 is 8.02. The minimum Gasteiger partial charge on any atom is -0.370 e. The van der Waals surface area contributed by atoms with Gasteiger partial charge in [0.05, 0.1) is 0 Å². The van der Waals surface area contributed by atoms with Gasteiger partial charge < -0.3 is 5.32 Å². The Balaban J connectivity index is 2.34. The molecular formula is C14H24ClN3S. The van der Waals surface area contributed by atoms with Crippen LogP contribution < -0.4 is 5.32 Å². The van der Waals surface area contributed by atoms with Gasteiger partial charge in [0.15, 0.2) is 0 Å². The van der Waals surface area contributed by atoms with E-state index in [2.05, 4.69) is 21.5 Å². The number of unbranched alkanes of at least 4 members (excludes halogenated alkanes) is 3. The van der Waals surface area contributed by atoms with Crippen molar-refractivity contribution >= 4 is 29.2 Å². The van der Waals surface area contributed by atoms with Crippen LogP contribution in [0.4, 0.5) is 5.82 Å². The van der Waals surface area contributed by atoms with Gasteiger partial charge in [0, 0.05) is 18.5 Å². The van der Waals surface area contributed by atoms with E-state index in [0.29, 0.717) is 5.15 Å². The molecule has 0 amide bonds. The number of hydrogen-bond donors (Lipinski definition) is 1. The highest BCUT2D eigenvalue weighted by Gasteiger charge is 2.07. The van der Waals surface area contributed by atoms with E-state index in [9.17, 15) is 0 Å². The van der Waals surface area contributed by atoms with Gasteiger partial charge in [-0.05, 0) is 31.8 Å². The van der Waals surface area contributed by atoms with Crippen molar-refractivity contribution in [3.05, 3.63) is 16.5 Å². The summed E-state index contributed by atoms with van der Waals surface area (Å²) in [4.78, 5) is 8.73. The third-order valence-electron chi connectivity index (χ3n) is 3.02. The Morgan fingerprint density at radius 1 is 1.16 bits per heavy atom. The number of aryl methyl sites for hydroxylation is 1. The van der Waals surface area contributed by atoms with Gasteiger partial charge in [-0.15, -0.1) is 0 Å². The molecule has 0 spiro atoms. The number of rotatable bonds is 9. The first-order valence-corrected chi connectivity index (χ1v) is 8.72. The number of nitrogens with zero attached hydrogens (tertiary/aromatic N) is 2. The van der Waals surface area contributed by atoms with Crippen LogP contribution in [0.2, 0.25) is 5.15 Å². The summed E-state index contributed by atoms with van der Waals surface area (Å²) in [5, 5.41) is 3.94. The Kier molecular flexibility index (Phi) is 8.22. The monoisotopic (exact) mass is 301 g/mol. The van der Waals surface area contributed by atoms with Crippen molar-refractivity contribution in [2.24, 2.45) is 0 Å². The van der Waals surface area contributed by atoms with Crippen LogP contribution in [0.15, 0.2) is 0 Å². The van der Waals surface area contributed by atoms with Crippen LogP contribution in [0.3, 0.4) is 0 Å². The van der Waals surface area contributed by atoms with E-state index in [-0.39, 0.29) is 0 Å². The Bertz CT molecular complexity index is 385. The molecule has 0 saturated carbocycles. The lowest BCUT2D eigenvalue weighted by molar-refractivity contribution is 0.687. The molecule has 1 N–H and O–H groups in total. The summed E-state index contributed by atoms with van der Waals surface area (Å²) in [5.74, 6) is 2.97. The first kappa shape index (κ1) is 16.6. The van der Waals surface area contributed by atoms with Crippen molar-refractivity contribution in [1.82, 2.24) is 9.97 Å². The van der Waals surface area contributed by atoms with Gasteiger partial charge in [0.2, 0.25) is 0 Å². The second-order valence-electron chi connectivity index (χ2n) is 4.59. The van der Waals surface area contributed by atoms with Gasteiger partial charge in [-0.2, -0.15) is 11.8 Å². The smallest absolute Gasteiger partial charge is 0.137 e. The predicted molar refractivity (Wildman–Crippen MR) is 86.5 cm³/mol. The van der Waals surface area contributed by atoms with E-state index in [0.717, 1.165) is 30.2 Å². The molecule has 0 aliphatic rings. The van der Waals surface area contributed by atoms with E-state index >= 15 is 0 Å². The van der Waals surface area contributed by atoms with Crippen LogP contribution in [-0.4, -0.2) is 28.5 Å². The Hall–Kier alpha value is -0.480. The predicted octanol–water partition coefficient (Wildman–Crippen LogP) is 4.34. The van der Waals surface area contributed by atoms with Crippen LogP contribution in [0.1, 0.15) is 44.0 Å². The third kappa shape index (κ3) is 6.00. The van der Waals surface area contributed by atoms with E-state index in [4.69, 9.17) is 11.6 Å². The molecule has 0 saturated heterocycles. The standard InChI is InChI=1S/C14H24ClN3S/c1-4-12-17-13(15)11(2)14(18-12)16-9-7-5-6-8-10-19-3/h4-10H2,1-3H3,(H,16,17,18). The van der Waals surface area contributed by atoms with Crippen LogP contribution in [0.5, 0.6) is 0 Å². The van der Waals surface area contributed by atoms with Gasteiger partial charge in [0.1, 0.15) is 16.8 Å². The second-order valence-corrected chi connectivity index (χ2v) is 5.94. The fourth-order valence-electron chi connectivity index (χ4n) is 1.79. The van der Waals surface area contributed by atoms with Crippen molar-refractivity contribution in [2.75, 3.05) is 23.9 Å². The van der Waals surface area contributed by atoms with Crippen LogP contribution in [0.25, 0.3) is 0 Å². The van der Waals surface area contributed by atoms with E-state index < -0.39 is 0 Å². The van der Waals surface area contributed by atoms with Crippen molar-refractivity contribution in [2.45, 2.75) is 46.0 Å². The number of nitrogens with one attached hydrogen (secondary N) is 1. The highest BCUT2D eigenvalue weighted by molar-refractivity contribution is 7.98. The molecule has 1 aromatic rings. The largest absolute Gasteiger partial charge is 0.370 e. The number of halogens is 1. The molecule has 0 aliphatic heterocycles. The molecule has 108 valence electrons. The van der Waals surface area contributed by atoms with Gasteiger partial charge >= 0.3 is 0 Å². The average Bonchev–Trinajstić information content (AvgIpc) is 2.42.